The van der Waals surface area contributed by atoms with Gasteiger partial charge in [0.1, 0.15) is 0 Å². The molecule has 0 bridgehead atoms. The topological polar surface area (TPSA) is 55.8 Å². The maximum absolute atomic E-state index is 12.4. The summed E-state index contributed by atoms with van der Waals surface area (Å²) >= 11 is 0. The first-order valence-electron chi connectivity index (χ1n) is 8.82. The highest BCUT2D eigenvalue weighted by atomic mass is 16.3. The molecule has 0 saturated heterocycles. The Kier molecular flexibility index (Phi) is 6.49. The van der Waals surface area contributed by atoms with E-state index in [0.717, 1.165) is 36.9 Å². The first kappa shape index (κ1) is 18.6. The normalized spacial score (nSPS) is 20.5. The van der Waals surface area contributed by atoms with Gasteiger partial charge in [0.2, 0.25) is 0 Å². The number of aryl methyl sites for hydroxylation is 1. The van der Waals surface area contributed by atoms with E-state index in [1.807, 2.05) is 14.1 Å². The fourth-order valence-electron chi connectivity index (χ4n) is 3.38. The minimum atomic E-state index is -0.272. The van der Waals surface area contributed by atoms with E-state index in [1.165, 1.54) is 5.56 Å². The Hall–Kier alpha value is -1.75. The van der Waals surface area contributed by atoms with Crippen LogP contribution in [0.1, 0.15) is 36.8 Å². The van der Waals surface area contributed by atoms with Crippen molar-refractivity contribution in [3.8, 4) is 0 Å². The average molecular weight is 333 g/mol. The molecule has 1 aromatic rings. The molecule has 134 valence electrons. The van der Waals surface area contributed by atoms with Crippen LogP contribution in [0, 0.1) is 12.8 Å². The fourth-order valence-corrected chi connectivity index (χ4v) is 3.38. The second-order valence-corrected chi connectivity index (χ2v) is 7.18. The zero-order chi connectivity index (χ0) is 17.7. The zero-order valence-electron chi connectivity index (χ0n) is 15.4. The highest BCUT2D eigenvalue weighted by Gasteiger charge is 2.25. The molecule has 0 radical (unpaired) electrons. The number of hydrogen-bond acceptors (Lipinski definition) is 3. The number of nitrogens with one attached hydrogen (secondary N) is 1. The number of carbonyl (C=O) groups excluding carboxylic acids is 1. The maximum Gasteiger partial charge on any atom is 0.317 e. The molecule has 24 heavy (non-hydrogen) atoms. The van der Waals surface area contributed by atoms with Gasteiger partial charge in [-0.1, -0.05) is 25.0 Å². The smallest absolute Gasteiger partial charge is 0.317 e. The molecule has 1 saturated carbocycles. The van der Waals surface area contributed by atoms with Crippen LogP contribution in [0.15, 0.2) is 18.2 Å². The van der Waals surface area contributed by atoms with Gasteiger partial charge in [-0.25, -0.2) is 4.79 Å². The molecule has 0 aromatic heterocycles. The summed E-state index contributed by atoms with van der Waals surface area (Å²) in [6.45, 7) is 3.18. The van der Waals surface area contributed by atoms with Crippen molar-refractivity contribution in [2.75, 3.05) is 32.6 Å². The van der Waals surface area contributed by atoms with E-state index in [4.69, 9.17) is 0 Å². The number of carbonyl (C=O) groups is 1. The van der Waals surface area contributed by atoms with Gasteiger partial charge >= 0.3 is 6.03 Å². The Balaban J connectivity index is 1.90. The molecule has 0 aliphatic heterocycles. The maximum atomic E-state index is 12.4. The van der Waals surface area contributed by atoms with Crippen molar-refractivity contribution in [1.29, 1.82) is 0 Å². The summed E-state index contributed by atoms with van der Waals surface area (Å²) in [5, 5.41) is 13.1. The molecule has 1 aliphatic carbocycles. The van der Waals surface area contributed by atoms with Crippen LogP contribution in [-0.2, 0) is 6.54 Å². The number of aliphatic hydroxyl groups excluding tert-OH is 1. The minimum Gasteiger partial charge on any atom is -0.393 e. The average Bonchev–Trinajstić information content (AvgIpc) is 2.55. The number of amides is 2. The molecular weight excluding hydrogens is 302 g/mol. The lowest BCUT2D eigenvalue weighted by Crippen LogP contribution is -2.42. The fraction of sp³-hybridized carbons (Fsp3) is 0.632. The summed E-state index contributed by atoms with van der Waals surface area (Å²) in [5.41, 5.74) is 3.43. The molecule has 2 unspecified atom stereocenters. The summed E-state index contributed by atoms with van der Waals surface area (Å²) in [6.07, 6.45) is 3.82. The van der Waals surface area contributed by atoms with Crippen molar-refractivity contribution in [3.63, 3.8) is 0 Å². The monoisotopic (exact) mass is 333 g/mol. The van der Waals surface area contributed by atoms with Gasteiger partial charge in [-0.05, 0) is 37.0 Å². The molecule has 0 heterocycles. The zero-order valence-corrected chi connectivity index (χ0v) is 15.4. The molecule has 2 rings (SSSR count). The third-order valence-corrected chi connectivity index (χ3v) is 4.88. The van der Waals surface area contributed by atoms with Crippen LogP contribution in [0.4, 0.5) is 10.5 Å². The molecule has 5 nitrogen and oxygen atoms in total. The highest BCUT2D eigenvalue weighted by Crippen LogP contribution is 2.25. The van der Waals surface area contributed by atoms with Gasteiger partial charge in [-0.15, -0.1) is 0 Å². The van der Waals surface area contributed by atoms with Gasteiger partial charge in [0, 0.05) is 45.8 Å². The molecule has 0 spiro atoms. The van der Waals surface area contributed by atoms with Crippen LogP contribution in [0.2, 0.25) is 0 Å². The number of rotatable bonds is 5. The number of nitrogens with zero attached hydrogens (tertiary/aromatic N) is 2. The summed E-state index contributed by atoms with van der Waals surface area (Å²) in [4.78, 5) is 16.1. The number of benzene rings is 1. The van der Waals surface area contributed by atoms with Crippen molar-refractivity contribution >= 4 is 11.7 Å². The number of urea groups is 1. The van der Waals surface area contributed by atoms with Gasteiger partial charge in [-0.2, -0.15) is 0 Å². The third-order valence-electron chi connectivity index (χ3n) is 4.88. The van der Waals surface area contributed by atoms with Crippen molar-refractivity contribution in [2.45, 2.75) is 45.3 Å². The van der Waals surface area contributed by atoms with Crippen LogP contribution >= 0.6 is 0 Å². The Labute approximate surface area is 145 Å². The van der Waals surface area contributed by atoms with E-state index < -0.39 is 0 Å². The third kappa shape index (κ3) is 4.87. The van der Waals surface area contributed by atoms with E-state index >= 15 is 0 Å². The van der Waals surface area contributed by atoms with E-state index in [9.17, 15) is 9.90 Å². The number of anilines is 1. The van der Waals surface area contributed by atoms with Crippen molar-refractivity contribution in [1.82, 2.24) is 10.2 Å². The quantitative estimate of drug-likeness (QED) is 0.871. The SMILES string of the molecule is Cc1ccc(CNC(=O)N(C)CC2CCCCC2O)c(N(C)C)c1. The summed E-state index contributed by atoms with van der Waals surface area (Å²) in [6, 6.07) is 6.17. The Bertz CT molecular complexity index is 560. The molecule has 1 aromatic carbocycles. The second-order valence-electron chi connectivity index (χ2n) is 7.18. The lowest BCUT2D eigenvalue weighted by molar-refractivity contribution is 0.0565. The lowest BCUT2D eigenvalue weighted by atomic mass is 9.86. The first-order valence-corrected chi connectivity index (χ1v) is 8.82. The Morgan fingerprint density at radius 3 is 2.62 bits per heavy atom. The summed E-state index contributed by atoms with van der Waals surface area (Å²) in [7, 11) is 5.83. The predicted molar refractivity (Wildman–Crippen MR) is 98.3 cm³/mol. The van der Waals surface area contributed by atoms with Crippen LogP contribution in [0.3, 0.4) is 0 Å². The number of aliphatic hydroxyl groups is 1. The highest BCUT2D eigenvalue weighted by molar-refractivity contribution is 5.74. The molecular formula is C19H31N3O2. The van der Waals surface area contributed by atoms with E-state index in [-0.39, 0.29) is 18.1 Å². The van der Waals surface area contributed by atoms with E-state index in [0.29, 0.717) is 13.1 Å². The molecule has 5 heteroatoms. The largest absolute Gasteiger partial charge is 0.393 e. The Morgan fingerprint density at radius 1 is 1.25 bits per heavy atom. The lowest BCUT2D eigenvalue weighted by Gasteiger charge is -2.31. The second kappa shape index (κ2) is 8.38. The van der Waals surface area contributed by atoms with Crippen LogP contribution in [-0.4, -0.2) is 49.8 Å². The van der Waals surface area contributed by atoms with Crippen LogP contribution in [0.25, 0.3) is 0 Å². The van der Waals surface area contributed by atoms with Crippen molar-refractivity contribution in [2.24, 2.45) is 5.92 Å². The number of hydrogen-bond donors (Lipinski definition) is 2. The molecule has 1 fully saturated rings. The van der Waals surface area contributed by atoms with E-state index in [1.54, 1.807) is 11.9 Å². The van der Waals surface area contributed by atoms with Gasteiger partial charge in [0.15, 0.2) is 0 Å². The minimum absolute atomic E-state index is 0.0851. The van der Waals surface area contributed by atoms with Gasteiger partial charge < -0.3 is 20.2 Å². The van der Waals surface area contributed by atoms with Crippen LogP contribution < -0.4 is 10.2 Å². The molecule has 1 aliphatic rings. The molecule has 2 atom stereocenters. The van der Waals surface area contributed by atoms with Crippen molar-refractivity contribution < 1.29 is 9.90 Å². The summed E-state index contributed by atoms with van der Waals surface area (Å²) in [5.74, 6) is 0.200. The molecule has 2 N–H and O–H groups in total. The first-order chi connectivity index (χ1) is 11.4. The molecule has 2 amide bonds. The standard InChI is InChI=1S/C19H31N3O2/c1-14-9-10-15(17(11-14)21(2)3)12-20-19(24)22(4)13-16-7-5-6-8-18(16)23/h9-11,16,18,23H,5-8,12-13H2,1-4H3,(H,20,24). The van der Waals surface area contributed by atoms with Gasteiger partial charge in [-0.3, -0.25) is 0 Å². The van der Waals surface area contributed by atoms with Crippen LogP contribution in [0.5, 0.6) is 0 Å². The Morgan fingerprint density at radius 2 is 1.96 bits per heavy atom. The van der Waals surface area contributed by atoms with Crippen molar-refractivity contribution in [3.05, 3.63) is 29.3 Å². The summed E-state index contributed by atoms with van der Waals surface area (Å²) < 4.78 is 0. The van der Waals surface area contributed by atoms with E-state index in [2.05, 4.69) is 35.3 Å². The van der Waals surface area contributed by atoms with Gasteiger partial charge in [0.25, 0.3) is 0 Å². The predicted octanol–water partition coefficient (Wildman–Crippen LogP) is 2.75. The van der Waals surface area contributed by atoms with Gasteiger partial charge in [0.05, 0.1) is 6.10 Å².